The molecule has 0 aliphatic heterocycles. The number of carbonyl (C=O) groups is 1. The second-order valence-electron chi connectivity index (χ2n) is 10.5. The highest BCUT2D eigenvalue weighted by Crippen LogP contribution is 2.46. The Morgan fingerprint density at radius 2 is 1.15 bits per heavy atom. The number of hydrogen-bond donors (Lipinski definition) is 1. The summed E-state index contributed by atoms with van der Waals surface area (Å²) < 4.78 is 66.9. The van der Waals surface area contributed by atoms with Crippen molar-refractivity contribution in [1.29, 1.82) is 0 Å². The van der Waals surface area contributed by atoms with E-state index in [1.165, 1.54) is 7.11 Å². The Kier molecular flexibility index (Phi) is 9.66. The van der Waals surface area contributed by atoms with E-state index in [9.17, 15) is 26.7 Å². The Balaban J connectivity index is 1.50. The number of rotatable bonds is 12. The molecule has 0 aromatic heterocycles. The Labute approximate surface area is 241 Å². The zero-order valence-corrected chi connectivity index (χ0v) is 24.4. The third-order valence-electron chi connectivity index (χ3n) is 7.44. The molecule has 0 heterocycles. The SMILES string of the molecule is COC(=O)c1ccc(C2(O)CCC(COS(=O)(=O)Cc3ccccc3)(COS(=O)(=O)Cc3ccccc3)CC2)cc1. The van der Waals surface area contributed by atoms with Crippen LogP contribution in [0.5, 0.6) is 0 Å². The van der Waals surface area contributed by atoms with Gasteiger partial charge in [0.05, 0.1) is 31.5 Å². The molecule has 0 amide bonds. The molecule has 0 spiro atoms. The molecule has 0 bridgehead atoms. The van der Waals surface area contributed by atoms with Crippen LogP contribution < -0.4 is 0 Å². The number of hydrogen-bond acceptors (Lipinski definition) is 9. The van der Waals surface area contributed by atoms with E-state index in [0.29, 0.717) is 22.3 Å². The van der Waals surface area contributed by atoms with Crippen molar-refractivity contribution >= 4 is 26.2 Å². The van der Waals surface area contributed by atoms with E-state index in [1.807, 2.05) is 0 Å². The minimum atomic E-state index is -3.98. The molecular weight excluding hydrogens is 568 g/mol. The fourth-order valence-corrected chi connectivity index (χ4v) is 7.14. The number of aliphatic hydroxyl groups is 1. The average Bonchev–Trinajstić information content (AvgIpc) is 2.97. The molecule has 9 nitrogen and oxygen atoms in total. The van der Waals surface area contributed by atoms with Crippen molar-refractivity contribution in [2.45, 2.75) is 42.8 Å². The molecule has 41 heavy (non-hydrogen) atoms. The van der Waals surface area contributed by atoms with Gasteiger partial charge in [-0.2, -0.15) is 16.8 Å². The van der Waals surface area contributed by atoms with E-state index in [1.54, 1.807) is 84.9 Å². The van der Waals surface area contributed by atoms with Crippen LogP contribution in [0, 0.1) is 5.41 Å². The lowest BCUT2D eigenvalue weighted by Gasteiger charge is -2.43. The second kappa shape index (κ2) is 12.8. The molecule has 1 saturated carbocycles. The first kappa shape index (κ1) is 30.9. The van der Waals surface area contributed by atoms with Crippen LogP contribution in [-0.4, -0.2) is 48.2 Å². The fourth-order valence-electron chi connectivity index (χ4n) is 4.92. The maximum absolute atomic E-state index is 12.8. The highest BCUT2D eigenvalue weighted by Gasteiger charge is 2.44. The molecule has 1 aliphatic rings. The van der Waals surface area contributed by atoms with E-state index in [4.69, 9.17) is 13.1 Å². The van der Waals surface area contributed by atoms with E-state index in [0.717, 1.165) is 0 Å². The largest absolute Gasteiger partial charge is 0.465 e. The molecule has 1 N–H and O–H groups in total. The Morgan fingerprint density at radius 1 is 0.707 bits per heavy atom. The van der Waals surface area contributed by atoms with Gasteiger partial charge in [-0.15, -0.1) is 0 Å². The minimum absolute atomic E-state index is 0.203. The molecule has 0 atom stereocenters. The van der Waals surface area contributed by atoms with Crippen molar-refractivity contribution in [3.63, 3.8) is 0 Å². The summed E-state index contributed by atoms with van der Waals surface area (Å²) in [5.74, 6) is -1.14. The van der Waals surface area contributed by atoms with Crippen LogP contribution in [0.4, 0.5) is 0 Å². The van der Waals surface area contributed by atoms with E-state index in [2.05, 4.69) is 0 Å². The Bertz CT molecular complexity index is 1430. The first-order chi connectivity index (χ1) is 19.4. The summed E-state index contributed by atoms with van der Waals surface area (Å²) in [6.45, 7) is -0.583. The summed E-state index contributed by atoms with van der Waals surface area (Å²) in [7, 11) is -6.68. The predicted molar refractivity (Wildman–Crippen MR) is 153 cm³/mol. The van der Waals surface area contributed by atoms with Crippen molar-refractivity contribution in [2.75, 3.05) is 20.3 Å². The normalized spacial score (nSPS) is 16.6. The summed E-state index contributed by atoms with van der Waals surface area (Å²) in [4.78, 5) is 11.8. The standard InChI is InChI=1S/C30H34O9S2/c1-37-28(31)26-12-14-27(15-13-26)30(32)18-16-29(17-19-30,22-38-40(33,34)20-24-8-4-2-5-9-24)23-39-41(35,36)21-25-10-6-3-7-11-25/h2-15,32H,16-23H2,1H3. The minimum Gasteiger partial charge on any atom is -0.465 e. The number of carbonyl (C=O) groups excluding carboxylic acids is 1. The van der Waals surface area contributed by atoms with Gasteiger partial charge in [-0.05, 0) is 54.5 Å². The van der Waals surface area contributed by atoms with Crippen LogP contribution in [0.3, 0.4) is 0 Å². The molecular formula is C30H34O9S2. The van der Waals surface area contributed by atoms with Gasteiger partial charge in [-0.1, -0.05) is 72.8 Å². The van der Waals surface area contributed by atoms with E-state index >= 15 is 0 Å². The van der Waals surface area contributed by atoms with Crippen molar-refractivity contribution in [2.24, 2.45) is 5.41 Å². The average molecular weight is 603 g/mol. The predicted octanol–water partition coefficient (Wildman–Crippen LogP) is 4.31. The summed E-state index contributed by atoms with van der Waals surface area (Å²) >= 11 is 0. The van der Waals surface area contributed by atoms with Gasteiger partial charge >= 0.3 is 5.97 Å². The summed E-state index contributed by atoms with van der Waals surface area (Å²) in [6.07, 6.45) is 0.886. The monoisotopic (exact) mass is 602 g/mol. The highest BCUT2D eigenvalue weighted by atomic mass is 32.2. The van der Waals surface area contributed by atoms with Crippen LogP contribution >= 0.6 is 0 Å². The van der Waals surface area contributed by atoms with Crippen molar-refractivity contribution < 1.29 is 39.8 Å². The van der Waals surface area contributed by atoms with Gasteiger partial charge in [0, 0.05) is 5.41 Å². The van der Waals surface area contributed by atoms with Gasteiger partial charge in [0.2, 0.25) is 0 Å². The fraction of sp³-hybridized carbons (Fsp3) is 0.367. The Hall–Kier alpha value is -3.09. The topological polar surface area (TPSA) is 133 Å². The zero-order chi connectivity index (χ0) is 29.6. The lowest BCUT2D eigenvalue weighted by molar-refractivity contribution is -0.0622. The molecule has 11 heteroatoms. The molecule has 3 aromatic rings. The maximum atomic E-state index is 12.8. The quantitative estimate of drug-likeness (QED) is 0.238. The van der Waals surface area contributed by atoms with Gasteiger partial charge in [0.15, 0.2) is 0 Å². The first-order valence-electron chi connectivity index (χ1n) is 13.2. The zero-order valence-electron chi connectivity index (χ0n) is 22.8. The van der Waals surface area contributed by atoms with Crippen molar-refractivity contribution in [3.05, 3.63) is 107 Å². The van der Waals surface area contributed by atoms with Gasteiger partial charge in [0.1, 0.15) is 11.5 Å². The van der Waals surface area contributed by atoms with E-state index < -0.39 is 37.2 Å². The summed E-state index contributed by atoms with van der Waals surface area (Å²) in [5, 5.41) is 11.5. The Morgan fingerprint density at radius 3 is 1.56 bits per heavy atom. The number of esters is 1. The van der Waals surface area contributed by atoms with Gasteiger partial charge in [-0.3, -0.25) is 8.37 Å². The highest BCUT2D eigenvalue weighted by molar-refractivity contribution is 7.86. The van der Waals surface area contributed by atoms with Crippen LogP contribution in [0.15, 0.2) is 84.9 Å². The number of methoxy groups -OCH3 is 1. The van der Waals surface area contributed by atoms with Gasteiger partial charge in [0.25, 0.3) is 20.2 Å². The van der Waals surface area contributed by atoms with Crippen LogP contribution in [-0.2, 0) is 50.4 Å². The molecule has 220 valence electrons. The third kappa shape index (κ3) is 8.46. The molecule has 3 aromatic carbocycles. The lowest BCUT2D eigenvalue weighted by atomic mass is 9.67. The molecule has 4 rings (SSSR count). The molecule has 0 saturated heterocycles. The molecule has 0 unspecified atom stereocenters. The van der Waals surface area contributed by atoms with Crippen molar-refractivity contribution in [1.82, 2.24) is 0 Å². The first-order valence-corrected chi connectivity index (χ1v) is 16.3. The molecule has 1 fully saturated rings. The summed E-state index contributed by atoms with van der Waals surface area (Å²) in [5.41, 5.74) is -0.170. The van der Waals surface area contributed by atoms with Crippen LogP contribution in [0.1, 0.15) is 52.7 Å². The van der Waals surface area contributed by atoms with Gasteiger partial charge in [-0.25, -0.2) is 4.79 Å². The number of benzene rings is 3. The lowest BCUT2D eigenvalue weighted by Crippen LogP contribution is -2.43. The molecule has 0 radical (unpaired) electrons. The second-order valence-corrected chi connectivity index (χ2v) is 13.8. The van der Waals surface area contributed by atoms with Crippen LogP contribution in [0.2, 0.25) is 0 Å². The third-order valence-corrected chi connectivity index (χ3v) is 9.77. The smallest absolute Gasteiger partial charge is 0.337 e. The maximum Gasteiger partial charge on any atom is 0.337 e. The number of ether oxygens (including phenoxy) is 1. The van der Waals surface area contributed by atoms with E-state index in [-0.39, 0.29) is 50.4 Å². The van der Waals surface area contributed by atoms with Crippen molar-refractivity contribution in [3.8, 4) is 0 Å². The van der Waals surface area contributed by atoms with Crippen LogP contribution in [0.25, 0.3) is 0 Å². The summed E-state index contributed by atoms with van der Waals surface area (Å²) in [6, 6.07) is 23.7. The molecule has 1 aliphatic carbocycles. The van der Waals surface area contributed by atoms with Gasteiger partial charge < -0.3 is 9.84 Å².